The van der Waals surface area contributed by atoms with Crippen molar-refractivity contribution in [3.05, 3.63) is 29.6 Å². The Morgan fingerprint density at radius 3 is 2.60 bits per heavy atom. The summed E-state index contributed by atoms with van der Waals surface area (Å²) in [6.07, 6.45) is 1.47. The smallest absolute Gasteiger partial charge is 0.243 e. The SMILES string of the molecule is CCC(NS(=O)(=O)c1ccc(C)cc1F)C1CC(O)C1. The fourth-order valence-corrected chi connectivity index (χ4v) is 4.01. The largest absolute Gasteiger partial charge is 0.393 e. The van der Waals surface area contributed by atoms with Crippen molar-refractivity contribution in [2.45, 2.75) is 50.2 Å². The monoisotopic (exact) mass is 301 g/mol. The molecule has 2 N–H and O–H groups in total. The number of aryl methyl sites for hydroxylation is 1. The molecule has 0 amide bonds. The van der Waals surface area contributed by atoms with Crippen molar-refractivity contribution in [1.29, 1.82) is 0 Å². The standard InChI is InChI=1S/C14H20FNO3S/c1-3-13(10-7-11(17)8-10)16-20(18,19)14-5-4-9(2)6-12(14)15/h4-6,10-11,13,16-17H,3,7-8H2,1-2H3. The van der Waals surface area contributed by atoms with Gasteiger partial charge in [0.25, 0.3) is 0 Å². The summed E-state index contributed by atoms with van der Waals surface area (Å²) in [5, 5.41) is 9.32. The van der Waals surface area contributed by atoms with E-state index in [9.17, 15) is 17.9 Å². The van der Waals surface area contributed by atoms with E-state index in [2.05, 4.69) is 4.72 Å². The van der Waals surface area contributed by atoms with Crippen molar-refractivity contribution in [1.82, 2.24) is 4.72 Å². The van der Waals surface area contributed by atoms with Crippen LogP contribution in [0.2, 0.25) is 0 Å². The number of sulfonamides is 1. The van der Waals surface area contributed by atoms with Gasteiger partial charge < -0.3 is 5.11 Å². The molecule has 20 heavy (non-hydrogen) atoms. The molecule has 0 saturated heterocycles. The van der Waals surface area contributed by atoms with Crippen molar-refractivity contribution < 1.29 is 17.9 Å². The fourth-order valence-electron chi connectivity index (χ4n) is 2.56. The molecule has 0 aliphatic heterocycles. The van der Waals surface area contributed by atoms with E-state index in [0.29, 0.717) is 24.8 Å². The van der Waals surface area contributed by atoms with Gasteiger partial charge >= 0.3 is 0 Å². The highest BCUT2D eigenvalue weighted by atomic mass is 32.2. The summed E-state index contributed by atoms with van der Waals surface area (Å²) in [5.41, 5.74) is 0.676. The van der Waals surface area contributed by atoms with Crippen LogP contribution in [-0.4, -0.2) is 25.7 Å². The summed E-state index contributed by atoms with van der Waals surface area (Å²) >= 11 is 0. The number of rotatable bonds is 5. The lowest BCUT2D eigenvalue weighted by Gasteiger charge is -2.37. The molecular formula is C14H20FNO3S. The predicted octanol–water partition coefficient (Wildman–Crippen LogP) is 1.96. The molecule has 1 aliphatic carbocycles. The van der Waals surface area contributed by atoms with Crippen molar-refractivity contribution in [3.8, 4) is 0 Å². The minimum Gasteiger partial charge on any atom is -0.393 e. The maximum Gasteiger partial charge on any atom is 0.243 e. The van der Waals surface area contributed by atoms with Gasteiger partial charge in [0.2, 0.25) is 10.0 Å². The zero-order chi connectivity index (χ0) is 14.9. The first kappa shape index (κ1) is 15.4. The molecule has 1 fully saturated rings. The fraction of sp³-hybridized carbons (Fsp3) is 0.571. The van der Waals surface area contributed by atoms with Crippen LogP contribution >= 0.6 is 0 Å². The van der Waals surface area contributed by atoms with E-state index in [0.717, 1.165) is 0 Å². The average Bonchev–Trinajstić information content (AvgIpc) is 2.32. The van der Waals surface area contributed by atoms with Gasteiger partial charge in [-0.2, -0.15) is 0 Å². The van der Waals surface area contributed by atoms with Crippen molar-refractivity contribution >= 4 is 10.0 Å². The van der Waals surface area contributed by atoms with Gasteiger partial charge in [-0.05, 0) is 49.8 Å². The second kappa shape index (κ2) is 5.79. The topological polar surface area (TPSA) is 66.4 Å². The Morgan fingerprint density at radius 1 is 1.45 bits per heavy atom. The first-order valence-corrected chi connectivity index (χ1v) is 8.28. The molecule has 1 saturated carbocycles. The molecule has 0 aromatic heterocycles. The Labute approximate surface area is 119 Å². The Bertz CT molecular complexity index is 582. The normalized spacial score (nSPS) is 24.2. The van der Waals surface area contributed by atoms with E-state index in [1.165, 1.54) is 12.1 Å². The van der Waals surface area contributed by atoms with Gasteiger partial charge in [-0.3, -0.25) is 0 Å². The van der Waals surface area contributed by atoms with Gasteiger partial charge in [-0.25, -0.2) is 17.5 Å². The number of hydrogen-bond acceptors (Lipinski definition) is 3. The lowest BCUT2D eigenvalue weighted by molar-refractivity contribution is 0.0277. The molecule has 1 atom stereocenters. The highest BCUT2D eigenvalue weighted by molar-refractivity contribution is 7.89. The van der Waals surface area contributed by atoms with Gasteiger partial charge in [0.15, 0.2) is 0 Å². The molecule has 0 bridgehead atoms. The van der Waals surface area contributed by atoms with E-state index < -0.39 is 15.8 Å². The molecule has 0 heterocycles. The van der Waals surface area contributed by atoms with Gasteiger partial charge in [-0.1, -0.05) is 13.0 Å². The molecule has 112 valence electrons. The molecule has 0 radical (unpaired) electrons. The average molecular weight is 301 g/mol. The summed E-state index contributed by atoms with van der Waals surface area (Å²) in [5.74, 6) is -0.612. The zero-order valence-corrected chi connectivity index (χ0v) is 12.5. The Balaban J connectivity index is 2.17. The van der Waals surface area contributed by atoms with Crippen LogP contribution in [0.15, 0.2) is 23.1 Å². The lowest BCUT2D eigenvalue weighted by atomic mass is 9.77. The summed E-state index contributed by atoms with van der Waals surface area (Å²) in [6, 6.07) is 3.81. The Hall–Kier alpha value is -0.980. The zero-order valence-electron chi connectivity index (χ0n) is 11.6. The molecule has 1 aromatic carbocycles. The maximum atomic E-state index is 13.8. The van der Waals surface area contributed by atoms with Crippen LogP contribution in [0.3, 0.4) is 0 Å². The highest BCUT2D eigenvalue weighted by Crippen LogP contribution is 2.32. The van der Waals surface area contributed by atoms with Crippen LogP contribution in [0.5, 0.6) is 0 Å². The molecule has 1 aliphatic rings. The van der Waals surface area contributed by atoms with Crippen LogP contribution < -0.4 is 4.72 Å². The van der Waals surface area contributed by atoms with Gasteiger partial charge in [0, 0.05) is 6.04 Å². The van der Waals surface area contributed by atoms with Crippen LogP contribution in [0.4, 0.5) is 4.39 Å². The Kier molecular flexibility index (Phi) is 4.46. The molecule has 2 rings (SSSR count). The van der Waals surface area contributed by atoms with Crippen molar-refractivity contribution in [2.75, 3.05) is 0 Å². The van der Waals surface area contributed by atoms with Crippen LogP contribution in [0.1, 0.15) is 31.7 Å². The lowest BCUT2D eigenvalue weighted by Crippen LogP contribution is -2.46. The molecule has 0 spiro atoms. The first-order chi connectivity index (χ1) is 9.33. The third-order valence-electron chi connectivity index (χ3n) is 3.84. The number of aliphatic hydroxyl groups excluding tert-OH is 1. The van der Waals surface area contributed by atoms with Gasteiger partial charge in [-0.15, -0.1) is 0 Å². The van der Waals surface area contributed by atoms with Crippen LogP contribution in [0, 0.1) is 18.7 Å². The number of benzene rings is 1. The summed E-state index contributed by atoms with van der Waals surface area (Å²) in [7, 11) is -3.86. The van der Waals surface area contributed by atoms with Gasteiger partial charge in [0.1, 0.15) is 10.7 Å². The third kappa shape index (κ3) is 3.19. The minimum atomic E-state index is -3.86. The summed E-state index contributed by atoms with van der Waals surface area (Å²) in [4.78, 5) is -0.318. The first-order valence-electron chi connectivity index (χ1n) is 6.80. The number of nitrogens with one attached hydrogen (secondary N) is 1. The van der Waals surface area contributed by atoms with Crippen LogP contribution in [-0.2, 0) is 10.0 Å². The van der Waals surface area contributed by atoms with E-state index >= 15 is 0 Å². The predicted molar refractivity (Wildman–Crippen MR) is 74.3 cm³/mol. The van der Waals surface area contributed by atoms with E-state index in [1.807, 2.05) is 6.92 Å². The molecule has 4 nitrogen and oxygen atoms in total. The second-order valence-electron chi connectivity index (χ2n) is 5.46. The quantitative estimate of drug-likeness (QED) is 0.873. The van der Waals surface area contributed by atoms with Crippen LogP contribution in [0.25, 0.3) is 0 Å². The number of aliphatic hydroxyl groups is 1. The number of halogens is 1. The minimum absolute atomic E-state index is 0.123. The third-order valence-corrected chi connectivity index (χ3v) is 5.37. The molecule has 6 heteroatoms. The summed E-state index contributed by atoms with van der Waals surface area (Å²) < 4.78 is 40.9. The van der Waals surface area contributed by atoms with E-state index in [-0.39, 0.29) is 23.0 Å². The van der Waals surface area contributed by atoms with Crippen molar-refractivity contribution in [3.63, 3.8) is 0 Å². The Morgan fingerprint density at radius 2 is 2.10 bits per heavy atom. The molecular weight excluding hydrogens is 281 g/mol. The van der Waals surface area contributed by atoms with Crippen molar-refractivity contribution in [2.24, 2.45) is 5.92 Å². The number of hydrogen-bond donors (Lipinski definition) is 2. The summed E-state index contributed by atoms with van der Waals surface area (Å²) in [6.45, 7) is 3.58. The van der Waals surface area contributed by atoms with E-state index in [1.54, 1.807) is 13.0 Å². The molecule has 1 aromatic rings. The van der Waals surface area contributed by atoms with Gasteiger partial charge in [0.05, 0.1) is 6.10 Å². The highest BCUT2D eigenvalue weighted by Gasteiger charge is 2.35. The molecule has 1 unspecified atom stereocenters. The second-order valence-corrected chi connectivity index (χ2v) is 7.14. The van der Waals surface area contributed by atoms with E-state index in [4.69, 9.17) is 0 Å². The maximum absolute atomic E-state index is 13.8.